The van der Waals surface area contributed by atoms with Crippen LogP contribution in [0.15, 0.2) is 17.1 Å². The van der Waals surface area contributed by atoms with Crippen molar-refractivity contribution >= 4 is 22.8 Å². The fourth-order valence-corrected chi connectivity index (χ4v) is 2.87. The molecule has 0 aromatic carbocycles. The van der Waals surface area contributed by atoms with Gasteiger partial charge < -0.3 is 20.3 Å². The van der Waals surface area contributed by atoms with E-state index in [1.165, 1.54) is 6.20 Å². The standard InChI is InChI=1S/C15H17FN4O3/c1-2-19-7-10(15(22)23)12(21)9-5-11(16)14(18-13(9)19)20-4-3-8(17)6-20/h5,7-8H,2-4,6,17H2,1H3,(H,22,23). The van der Waals surface area contributed by atoms with Crippen LogP contribution in [0, 0.1) is 5.82 Å². The molecule has 2 aromatic heterocycles. The highest BCUT2D eigenvalue weighted by Crippen LogP contribution is 2.24. The van der Waals surface area contributed by atoms with Crippen LogP contribution in [0.5, 0.6) is 0 Å². The van der Waals surface area contributed by atoms with E-state index >= 15 is 0 Å². The molecule has 1 saturated heterocycles. The molecule has 0 amide bonds. The first-order valence-corrected chi connectivity index (χ1v) is 7.40. The van der Waals surface area contributed by atoms with Gasteiger partial charge in [0.15, 0.2) is 11.6 Å². The molecule has 0 bridgehead atoms. The highest BCUT2D eigenvalue weighted by Gasteiger charge is 2.25. The van der Waals surface area contributed by atoms with Crippen molar-refractivity contribution in [2.45, 2.75) is 25.9 Å². The molecule has 0 saturated carbocycles. The lowest BCUT2D eigenvalue weighted by molar-refractivity contribution is 0.0695. The molecule has 8 heteroatoms. The number of hydrogen-bond acceptors (Lipinski definition) is 5. The summed E-state index contributed by atoms with van der Waals surface area (Å²) in [6.07, 6.45) is 2.00. The molecule has 23 heavy (non-hydrogen) atoms. The van der Waals surface area contributed by atoms with E-state index in [-0.39, 0.29) is 22.9 Å². The van der Waals surface area contributed by atoms with E-state index in [1.807, 2.05) is 0 Å². The Morgan fingerprint density at radius 1 is 1.57 bits per heavy atom. The molecule has 0 spiro atoms. The Hall–Kier alpha value is -2.48. The third-order valence-electron chi connectivity index (χ3n) is 4.08. The molecule has 0 aliphatic carbocycles. The quantitative estimate of drug-likeness (QED) is 0.867. The van der Waals surface area contributed by atoms with Crippen molar-refractivity contribution in [1.82, 2.24) is 9.55 Å². The Balaban J connectivity index is 2.25. The number of carboxylic acids is 1. The van der Waals surface area contributed by atoms with Gasteiger partial charge in [-0.25, -0.2) is 14.2 Å². The minimum absolute atomic E-state index is 0.0310. The Kier molecular flexibility index (Phi) is 3.77. The van der Waals surface area contributed by atoms with Gasteiger partial charge in [0.1, 0.15) is 11.2 Å². The average molecular weight is 320 g/mol. The Labute approximate surface area is 131 Å². The Morgan fingerprint density at radius 3 is 2.87 bits per heavy atom. The molecule has 122 valence electrons. The predicted octanol–water partition coefficient (Wildman–Crippen LogP) is 0.791. The lowest BCUT2D eigenvalue weighted by atomic mass is 10.2. The number of carbonyl (C=O) groups is 1. The molecule has 0 radical (unpaired) electrons. The van der Waals surface area contributed by atoms with Gasteiger partial charge >= 0.3 is 5.97 Å². The fraction of sp³-hybridized carbons (Fsp3) is 0.400. The number of nitrogens with two attached hydrogens (primary N) is 1. The molecule has 3 heterocycles. The highest BCUT2D eigenvalue weighted by atomic mass is 19.1. The number of rotatable bonds is 3. The zero-order chi connectivity index (χ0) is 16.7. The van der Waals surface area contributed by atoms with Gasteiger partial charge in [0.05, 0.1) is 5.39 Å². The second-order valence-corrected chi connectivity index (χ2v) is 5.62. The minimum Gasteiger partial charge on any atom is -0.477 e. The predicted molar refractivity (Wildman–Crippen MR) is 83.4 cm³/mol. The van der Waals surface area contributed by atoms with Gasteiger partial charge in [-0.15, -0.1) is 0 Å². The molecular formula is C15H17FN4O3. The van der Waals surface area contributed by atoms with E-state index in [2.05, 4.69) is 4.98 Å². The Morgan fingerprint density at radius 2 is 2.30 bits per heavy atom. The number of anilines is 1. The van der Waals surface area contributed by atoms with Gasteiger partial charge in [-0.2, -0.15) is 0 Å². The van der Waals surface area contributed by atoms with E-state index in [1.54, 1.807) is 16.4 Å². The Bertz CT molecular complexity index is 849. The van der Waals surface area contributed by atoms with Crippen LogP contribution >= 0.6 is 0 Å². The van der Waals surface area contributed by atoms with E-state index < -0.39 is 22.8 Å². The van der Waals surface area contributed by atoms with Gasteiger partial charge in [0.2, 0.25) is 5.43 Å². The zero-order valence-electron chi connectivity index (χ0n) is 12.6. The fourth-order valence-electron chi connectivity index (χ4n) is 2.87. The number of carboxylic acid groups (broad SMARTS) is 1. The molecule has 1 aliphatic heterocycles. The molecule has 1 atom stereocenters. The molecule has 1 aliphatic rings. The van der Waals surface area contributed by atoms with E-state index in [9.17, 15) is 14.0 Å². The average Bonchev–Trinajstić information content (AvgIpc) is 2.93. The number of halogens is 1. The minimum atomic E-state index is -1.34. The van der Waals surface area contributed by atoms with Gasteiger partial charge in [0.25, 0.3) is 0 Å². The van der Waals surface area contributed by atoms with Crippen LogP contribution < -0.4 is 16.1 Å². The zero-order valence-corrected chi connectivity index (χ0v) is 12.6. The number of aromatic carboxylic acids is 1. The van der Waals surface area contributed by atoms with Crippen molar-refractivity contribution in [3.63, 3.8) is 0 Å². The smallest absolute Gasteiger partial charge is 0.341 e. The molecule has 3 N–H and O–H groups in total. The maximum atomic E-state index is 14.4. The van der Waals surface area contributed by atoms with E-state index in [4.69, 9.17) is 10.8 Å². The molecule has 1 unspecified atom stereocenters. The molecule has 7 nitrogen and oxygen atoms in total. The lowest BCUT2D eigenvalue weighted by Gasteiger charge is -2.19. The summed E-state index contributed by atoms with van der Waals surface area (Å²) in [6.45, 7) is 3.31. The van der Waals surface area contributed by atoms with E-state index in [0.29, 0.717) is 19.6 Å². The van der Waals surface area contributed by atoms with E-state index in [0.717, 1.165) is 12.5 Å². The summed E-state index contributed by atoms with van der Waals surface area (Å²) in [5.41, 5.74) is 5.00. The number of fused-ring (bicyclic) bond motifs is 1. The largest absolute Gasteiger partial charge is 0.477 e. The van der Waals surface area contributed by atoms with Crippen molar-refractivity contribution in [2.24, 2.45) is 5.73 Å². The van der Waals surface area contributed by atoms with Crippen LogP contribution in [-0.2, 0) is 6.54 Å². The van der Waals surface area contributed by atoms with Crippen LogP contribution in [0.2, 0.25) is 0 Å². The monoisotopic (exact) mass is 320 g/mol. The molecule has 3 rings (SSSR count). The lowest BCUT2D eigenvalue weighted by Crippen LogP contribution is -2.28. The summed E-state index contributed by atoms with van der Waals surface area (Å²) in [7, 11) is 0. The van der Waals surface area contributed by atoms with Gasteiger partial charge in [0, 0.05) is 31.9 Å². The third kappa shape index (κ3) is 2.55. The SMILES string of the molecule is CCn1cc(C(=O)O)c(=O)c2cc(F)c(N3CCC(N)C3)nc21. The van der Waals surface area contributed by atoms with Crippen LogP contribution in [0.4, 0.5) is 10.2 Å². The molecule has 2 aromatic rings. The van der Waals surface area contributed by atoms with Gasteiger partial charge in [-0.1, -0.05) is 0 Å². The first-order chi connectivity index (χ1) is 10.9. The van der Waals surface area contributed by atoms with Crippen LogP contribution in [0.25, 0.3) is 11.0 Å². The maximum Gasteiger partial charge on any atom is 0.341 e. The second-order valence-electron chi connectivity index (χ2n) is 5.62. The normalized spacial score (nSPS) is 17.9. The summed E-state index contributed by atoms with van der Waals surface area (Å²) in [5, 5.41) is 9.09. The summed E-state index contributed by atoms with van der Waals surface area (Å²) in [5.74, 6) is -1.84. The van der Waals surface area contributed by atoms with Gasteiger partial charge in [-0.3, -0.25) is 4.79 Å². The highest BCUT2D eigenvalue weighted by molar-refractivity contribution is 5.92. The second kappa shape index (κ2) is 5.62. The van der Waals surface area contributed by atoms with Crippen molar-refractivity contribution < 1.29 is 14.3 Å². The van der Waals surface area contributed by atoms with Crippen LogP contribution in [0.3, 0.4) is 0 Å². The van der Waals surface area contributed by atoms with Crippen molar-refractivity contribution in [3.8, 4) is 0 Å². The number of aromatic nitrogens is 2. The number of nitrogens with zero attached hydrogens (tertiary/aromatic N) is 3. The molecular weight excluding hydrogens is 303 g/mol. The van der Waals surface area contributed by atoms with Crippen molar-refractivity contribution in [2.75, 3.05) is 18.0 Å². The summed E-state index contributed by atoms with van der Waals surface area (Å²) < 4.78 is 15.9. The maximum absolute atomic E-state index is 14.4. The summed E-state index contributed by atoms with van der Waals surface area (Å²) in [4.78, 5) is 29.5. The number of pyridine rings is 2. The molecule has 1 fully saturated rings. The third-order valence-corrected chi connectivity index (χ3v) is 4.08. The summed E-state index contributed by atoms with van der Waals surface area (Å²) in [6, 6.07) is 1.04. The van der Waals surface area contributed by atoms with Crippen molar-refractivity contribution in [1.29, 1.82) is 0 Å². The first-order valence-electron chi connectivity index (χ1n) is 7.40. The summed E-state index contributed by atoms with van der Waals surface area (Å²) >= 11 is 0. The van der Waals surface area contributed by atoms with Crippen molar-refractivity contribution in [3.05, 3.63) is 33.9 Å². The number of aryl methyl sites for hydroxylation is 1. The topological polar surface area (TPSA) is 101 Å². The number of hydrogen-bond donors (Lipinski definition) is 2. The first kappa shape index (κ1) is 15.4. The van der Waals surface area contributed by atoms with Gasteiger partial charge in [-0.05, 0) is 19.4 Å². The van der Waals surface area contributed by atoms with Crippen LogP contribution in [0.1, 0.15) is 23.7 Å². The van der Waals surface area contributed by atoms with Crippen LogP contribution in [-0.4, -0.2) is 39.8 Å².